The minimum atomic E-state index is -0.431. The molecule has 5 nitrogen and oxygen atoms in total. The lowest BCUT2D eigenvalue weighted by Crippen LogP contribution is -2.50. The summed E-state index contributed by atoms with van der Waals surface area (Å²) in [6.07, 6.45) is 1.18. The molecule has 0 atom stereocenters. The number of piperazine rings is 1. The number of hydrogen-bond donors (Lipinski definition) is 2. The van der Waals surface area contributed by atoms with E-state index in [0.29, 0.717) is 0 Å². The van der Waals surface area contributed by atoms with E-state index in [1.165, 1.54) is 22.9 Å². The van der Waals surface area contributed by atoms with Crippen LogP contribution in [0.4, 0.5) is 4.39 Å². The zero-order chi connectivity index (χ0) is 12.4. The third-order valence-electron chi connectivity index (χ3n) is 2.94. The Morgan fingerprint density at radius 3 is 2.53 bits per heavy atom. The number of pyridine rings is 1. The van der Waals surface area contributed by atoms with Crippen molar-refractivity contribution < 1.29 is 4.39 Å². The molecule has 1 aromatic rings. The largest absolute Gasteiger partial charge is 0.340 e. The summed E-state index contributed by atoms with van der Waals surface area (Å²) >= 11 is 0. The number of likely N-dealkylation sites (N-methyl/N-ethyl adjacent to an activating group) is 1. The molecule has 2 heterocycles. The summed E-state index contributed by atoms with van der Waals surface area (Å²) in [6.45, 7) is 3.23. The molecular formula is C11H16FN5. The van der Waals surface area contributed by atoms with Crippen molar-refractivity contribution in [3.63, 3.8) is 0 Å². The minimum absolute atomic E-state index is 0.121. The highest BCUT2D eigenvalue weighted by molar-refractivity contribution is 5.79. The van der Waals surface area contributed by atoms with Crippen LogP contribution in [0.15, 0.2) is 18.3 Å². The van der Waals surface area contributed by atoms with Crippen molar-refractivity contribution in [2.24, 2.45) is 0 Å². The second kappa shape index (κ2) is 4.67. The van der Waals surface area contributed by atoms with E-state index in [-0.39, 0.29) is 11.4 Å². The minimum Gasteiger partial charge on any atom is -0.340 e. The zero-order valence-electron chi connectivity index (χ0n) is 9.78. The third kappa shape index (κ3) is 2.52. The molecule has 0 aromatic carbocycles. The van der Waals surface area contributed by atoms with Crippen molar-refractivity contribution in [1.29, 1.82) is 10.8 Å². The lowest BCUT2D eigenvalue weighted by molar-refractivity contribution is 0.210. The van der Waals surface area contributed by atoms with Crippen molar-refractivity contribution in [1.82, 2.24) is 14.4 Å². The summed E-state index contributed by atoms with van der Waals surface area (Å²) in [5.74, 6) is -0.262. The summed E-state index contributed by atoms with van der Waals surface area (Å²) in [7, 11) is 2.03. The van der Waals surface area contributed by atoms with Gasteiger partial charge in [-0.25, -0.2) is 4.39 Å². The molecule has 1 saturated heterocycles. The molecule has 2 N–H and O–H groups in total. The predicted molar refractivity (Wildman–Crippen MR) is 62.4 cm³/mol. The van der Waals surface area contributed by atoms with Crippen molar-refractivity contribution in [2.75, 3.05) is 33.2 Å². The normalized spacial score (nSPS) is 17.2. The standard InChI is InChI=1S/C11H16FN5/c1-15-4-6-16(7-5-15)11(14)17-8-9(12)2-3-10(17)13/h2-3,8,13-14H,4-7H2,1H3. The first-order chi connectivity index (χ1) is 8.08. The van der Waals surface area contributed by atoms with Crippen LogP contribution in [0.5, 0.6) is 0 Å². The molecule has 0 radical (unpaired) electrons. The molecule has 0 spiro atoms. The number of nitrogens with one attached hydrogen (secondary N) is 2. The van der Waals surface area contributed by atoms with Gasteiger partial charge in [-0.3, -0.25) is 15.4 Å². The average molecular weight is 237 g/mol. The molecule has 92 valence electrons. The predicted octanol–water partition coefficient (Wildman–Crippen LogP) is 0.137. The van der Waals surface area contributed by atoms with E-state index < -0.39 is 5.82 Å². The van der Waals surface area contributed by atoms with Gasteiger partial charge in [0.15, 0.2) is 0 Å². The molecule has 1 aromatic heterocycles. The van der Waals surface area contributed by atoms with Gasteiger partial charge in [0, 0.05) is 32.4 Å². The van der Waals surface area contributed by atoms with Gasteiger partial charge in [-0.15, -0.1) is 0 Å². The van der Waals surface area contributed by atoms with Crippen LogP contribution in [-0.4, -0.2) is 53.6 Å². The van der Waals surface area contributed by atoms with E-state index in [4.69, 9.17) is 10.8 Å². The molecular weight excluding hydrogens is 221 g/mol. The summed E-state index contributed by atoms with van der Waals surface area (Å²) in [5.41, 5.74) is 0.121. The Kier molecular flexibility index (Phi) is 3.23. The first kappa shape index (κ1) is 11.8. The van der Waals surface area contributed by atoms with Crippen molar-refractivity contribution in [3.05, 3.63) is 29.6 Å². The molecule has 17 heavy (non-hydrogen) atoms. The Labute approximate surface area is 99.1 Å². The van der Waals surface area contributed by atoms with Crippen LogP contribution in [-0.2, 0) is 0 Å². The van der Waals surface area contributed by atoms with E-state index in [1.807, 2.05) is 11.9 Å². The van der Waals surface area contributed by atoms with Gasteiger partial charge < -0.3 is 9.80 Å². The fourth-order valence-corrected chi connectivity index (χ4v) is 1.82. The quantitative estimate of drug-likeness (QED) is 0.498. The third-order valence-corrected chi connectivity index (χ3v) is 2.94. The Hall–Kier alpha value is -1.69. The maximum Gasteiger partial charge on any atom is 0.203 e. The van der Waals surface area contributed by atoms with Gasteiger partial charge in [0.25, 0.3) is 0 Å². The van der Waals surface area contributed by atoms with Gasteiger partial charge in [0.2, 0.25) is 5.96 Å². The van der Waals surface area contributed by atoms with Crippen molar-refractivity contribution in [2.45, 2.75) is 0 Å². The molecule has 1 fully saturated rings. The maximum atomic E-state index is 13.1. The molecule has 6 heteroatoms. The van der Waals surface area contributed by atoms with E-state index in [2.05, 4.69) is 4.90 Å². The number of rotatable bonds is 0. The smallest absolute Gasteiger partial charge is 0.203 e. The summed E-state index contributed by atoms with van der Waals surface area (Å²) in [4.78, 5) is 4.04. The van der Waals surface area contributed by atoms with Gasteiger partial charge in [-0.2, -0.15) is 0 Å². The number of halogens is 1. The van der Waals surface area contributed by atoms with Gasteiger partial charge >= 0.3 is 0 Å². The Bertz CT molecular complexity index is 473. The molecule has 0 saturated carbocycles. The Morgan fingerprint density at radius 2 is 1.88 bits per heavy atom. The summed E-state index contributed by atoms with van der Waals surface area (Å²) in [6, 6.07) is 2.59. The lowest BCUT2D eigenvalue weighted by atomic mass is 10.3. The zero-order valence-corrected chi connectivity index (χ0v) is 9.78. The molecule has 2 rings (SSSR count). The van der Waals surface area contributed by atoms with E-state index in [1.54, 1.807) is 0 Å². The van der Waals surface area contributed by atoms with Gasteiger partial charge in [0.05, 0.1) is 0 Å². The van der Waals surface area contributed by atoms with Gasteiger partial charge in [-0.05, 0) is 19.2 Å². The molecule has 0 bridgehead atoms. The van der Waals surface area contributed by atoms with Crippen LogP contribution in [0, 0.1) is 16.6 Å². The number of hydrogen-bond acceptors (Lipinski definition) is 3. The van der Waals surface area contributed by atoms with E-state index in [0.717, 1.165) is 26.2 Å². The maximum absolute atomic E-state index is 13.1. The fourth-order valence-electron chi connectivity index (χ4n) is 1.82. The van der Waals surface area contributed by atoms with E-state index in [9.17, 15) is 4.39 Å². The average Bonchev–Trinajstić information content (AvgIpc) is 2.32. The molecule has 1 aliphatic rings. The van der Waals surface area contributed by atoms with Crippen LogP contribution in [0.1, 0.15) is 0 Å². The van der Waals surface area contributed by atoms with Crippen molar-refractivity contribution >= 4 is 5.96 Å². The topological polar surface area (TPSA) is 59.1 Å². The first-order valence-electron chi connectivity index (χ1n) is 5.53. The number of aromatic nitrogens is 1. The molecule has 1 aliphatic heterocycles. The van der Waals surface area contributed by atoms with Gasteiger partial charge in [-0.1, -0.05) is 0 Å². The lowest BCUT2D eigenvalue weighted by Gasteiger charge is -2.34. The second-order valence-corrected chi connectivity index (χ2v) is 4.22. The van der Waals surface area contributed by atoms with E-state index >= 15 is 0 Å². The summed E-state index contributed by atoms with van der Waals surface area (Å²) in [5, 5.41) is 15.7. The number of nitrogens with zero attached hydrogens (tertiary/aromatic N) is 3. The highest BCUT2D eigenvalue weighted by Gasteiger charge is 2.17. The van der Waals surface area contributed by atoms with Crippen LogP contribution < -0.4 is 5.49 Å². The van der Waals surface area contributed by atoms with Crippen LogP contribution in [0.2, 0.25) is 0 Å². The molecule has 0 aliphatic carbocycles. The fraction of sp³-hybridized carbons (Fsp3) is 0.455. The molecule has 0 amide bonds. The van der Waals surface area contributed by atoms with Gasteiger partial charge in [0.1, 0.15) is 11.3 Å². The van der Waals surface area contributed by atoms with Crippen LogP contribution in [0.3, 0.4) is 0 Å². The highest BCUT2D eigenvalue weighted by Crippen LogP contribution is 2.01. The Morgan fingerprint density at radius 1 is 1.24 bits per heavy atom. The van der Waals surface area contributed by atoms with Crippen LogP contribution in [0.25, 0.3) is 0 Å². The Balaban J connectivity index is 2.19. The monoisotopic (exact) mass is 237 g/mol. The summed E-state index contributed by atoms with van der Waals surface area (Å²) < 4.78 is 14.4. The second-order valence-electron chi connectivity index (χ2n) is 4.22. The first-order valence-corrected chi connectivity index (χ1v) is 5.53. The SMILES string of the molecule is CN1CCN(C(=N)n2cc(F)ccc2=N)CC1. The van der Waals surface area contributed by atoms with Crippen LogP contribution >= 0.6 is 0 Å². The molecule has 0 unspecified atom stereocenters. The highest BCUT2D eigenvalue weighted by atomic mass is 19.1. The van der Waals surface area contributed by atoms with Crippen molar-refractivity contribution in [3.8, 4) is 0 Å².